The summed E-state index contributed by atoms with van der Waals surface area (Å²) >= 11 is 0. The van der Waals surface area contributed by atoms with Crippen molar-refractivity contribution in [2.75, 3.05) is 45.3 Å². The summed E-state index contributed by atoms with van der Waals surface area (Å²) in [5.74, 6) is 1.71. The van der Waals surface area contributed by atoms with Crippen LogP contribution in [0.1, 0.15) is 17.0 Å². The van der Waals surface area contributed by atoms with Crippen LogP contribution in [0.25, 0.3) is 0 Å². The Morgan fingerprint density at radius 2 is 1.88 bits per heavy atom. The molecule has 128 valence electrons. The van der Waals surface area contributed by atoms with Crippen LogP contribution in [0.15, 0.2) is 28.9 Å². The molecule has 1 amide bonds. The molecule has 2 aromatic rings. The van der Waals surface area contributed by atoms with Crippen LogP contribution in [-0.2, 0) is 0 Å². The van der Waals surface area contributed by atoms with Crippen molar-refractivity contribution in [2.45, 2.75) is 6.42 Å². The van der Waals surface area contributed by atoms with Crippen molar-refractivity contribution in [1.29, 1.82) is 0 Å². The molecule has 0 atom stereocenters. The zero-order valence-corrected chi connectivity index (χ0v) is 13.8. The van der Waals surface area contributed by atoms with Crippen LogP contribution in [0.3, 0.4) is 0 Å². The van der Waals surface area contributed by atoms with Gasteiger partial charge in [-0.15, -0.1) is 0 Å². The van der Waals surface area contributed by atoms with E-state index >= 15 is 0 Å². The van der Waals surface area contributed by atoms with Crippen LogP contribution >= 0.6 is 0 Å². The molecule has 0 aromatic carbocycles. The van der Waals surface area contributed by atoms with Gasteiger partial charge >= 0.3 is 0 Å². The molecule has 0 unspecified atom stereocenters. The molecule has 3 rings (SSSR count). The Balaban J connectivity index is 1.72. The van der Waals surface area contributed by atoms with Gasteiger partial charge < -0.3 is 23.7 Å². The standard InChI is InChI=1S/C16H20N4O4/c1-22-13-11-14(23-2)18-16(17-13)20-7-4-6-19(8-9-20)15(21)12-5-3-10-24-12/h3,5,10-11H,4,6-9H2,1-2H3. The number of ether oxygens (including phenoxy) is 2. The van der Waals surface area contributed by atoms with Crippen LogP contribution in [-0.4, -0.2) is 61.2 Å². The Morgan fingerprint density at radius 3 is 2.50 bits per heavy atom. The Bertz CT molecular complexity index is 667. The molecule has 1 saturated heterocycles. The average molecular weight is 332 g/mol. The highest BCUT2D eigenvalue weighted by Crippen LogP contribution is 2.21. The topological polar surface area (TPSA) is 80.9 Å². The van der Waals surface area contributed by atoms with Crippen molar-refractivity contribution >= 4 is 11.9 Å². The van der Waals surface area contributed by atoms with Crippen LogP contribution in [0.4, 0.5) is 5.95 Å². The average Bonchev–Trinajstić information content (AvgIpc) is 3.05. The van der Waals surface area contributed by atoms with Gasteiger partial charge in [-0.05, 0) is 18.6 Å². The first-order valence-corrected chi connectivity index (χ1v) is 7.76. The van der Waals surface area contributed by atoms with Gasteiger partial charge in [-0.3, -0.25) is 4.79 Å². The SMILES string of the molecule is COc1cc(OC)nc(N2CCCN(C(=O)c3ccco3)CC2)n1. The van der Waals surface area contributed by atoms with Gasteiger partial charge in [0.1, 0.15) is 0 Å². The van der Waals surface area contributed by atoms with E-state index in [0.29, 0.717) is 43.1 Å². The van der Waals surface area contributed by atoms with E-state index in [0.717, 1.165) is 13.0 Å². The van der Waals surface area contributed by atoms with Gasteiger partial charge in [-0.1, -0.05) is 0 Å². The quantitative estimate of drug-likeness (QED) is 0.838. The lowest BCUT2D eigenvalue weighted by Gasteiger charge is -2.22. The van der Waals surface area contributed by atoms with Gasteiger partial charge in [0.2, 0.25) is 17.7 Å². The molecular formula is C16H20N4O4. The van der Waals surface area contributed by atoms with Crippen LogP contribution in [0.2, 0.25) is 0 Å². The van der Waals surface area contributed by atoms with E-state index in [1.165, 1.54) is 6.26 Å². The number of hydrogen-bond acceptors (Lipinski definition) is 7. The van der Waals surface area contributed by atoms with Gasteiger partial charge in [-0.25, -0.2) is 0 Å². The van der Waals surface area contributed by atoms with Crippen molar-refractivity contribution in [3.8, 4) is 11.8 Å². The smallest absolute Gasteiger partial charge is 0.289 e. The van der Waals surface area contributed by atoms with Crippen molar-refractivity contribution in [2.24, 2.45) is 0 Å². The number of hydrogen-bond donors (Lipinski definition) is 0. The Hall–Kier alpha value is -2.77. The molecule has 8 heteroatoms. The van der Waals surface area contributed by atoms with Gasteiger partial charge in [0.05, 0.1) is 26.5 Å². The Morgan fingerprint density at radius 1 is 1.12 bits per heavy atom. The molecule has 3 heterocycles. The number of rotatable bonds is 4. The fraction of sp³-hybridized carbons (Fsp3) is 0.438. The fourth-order valence-electron chi connectivity index (χ4n) is 2.62. The molecule has 0 radical (unpaired) electrons. The zero-order chi connectivity index (χ0) is 16.9. The van der Waals surface area contributed by atoms with E-state index in [-0.39, 0.29) is 5.91 Å². The highest BCUT2D eigenvalue weighted by molar-refractivity contribution is 5.91. The lowest BCUT2D eigenvalue weighted by atomic mass is 10.3. The summed E-state index contributed by atoms with van der Waals surface area (Å²) in [5, 5.41) is 0. The number of aromatic nitrogens is 2. The van der Waals surface area contributed by atoms with E-state index in [9.17, 15) is 4.79 Å². The number of anilines is 1. The second-order valence-corrected chi connectivity index (χ2v) is 5.36. The minimum atomic E-state index is -0.0917. The fourth-order valence-corrected chi connectivity index (χ4v) is 2.62. The number of methoxy groups -OCH3 is 2. The predicted molar refractivity (Wildman–Crippen MR) is 86.6 cm³/mol. The second kappa shape index (κ2) is 7.20. The van der Waals surface area contributed by atoms with E-state index in [4.69, 9.17) is 13.9 Å². The third-order valence-corrected chi connectivity index (χ3v) is 3.88. The molecule has 0 aliphatic carbocycles. The molecule has 24 heavy (non-hydrogen) atoms. The molecule has 0 spiro atoms. The van der Waals surface area contributed by atoms with Crippen LogP contribution in [0.5, 0.6) is 11.8 Å². The molecule has 0 saturated carbocycles. The summed E-state index contributed by atoms with van der Waals surface area (Å²) in [6.45, 7) is 2.61. The summed E-state index contributed by atoms with van der Waals surface area (Å²) in [6, 6.07) is 5.03. The minimum absolute atomic E-state index is 0.0917. The Kier molecular flexibility index (Phi) is 4.83. The molecule has 2 aromatic heterocycles. The van der Waals surface area contributed by atoms with Gasteiger partial charge in [0, 0.05) is 26.2 Å². The summed E-state index contributed by atoms with van der Waals surface area (Å²) < 4.78 is 15.6. The molecule has 1 aliphatic heterocycles. The Labute approximate surface area is 140 Å². The van der Waals surface area contributed by atoms with Crippen LogP contribution in [0, 0.1) is 0 Å². The zero-order valence-electron chi connectivity index (χ0n) is 13.8. The van der Waals surface area contributed by atoms with Gasteiger partial charge in [-0.2, -0.15) is 9.97 Å². The minimum Gasteiger partial charge on any atom is -0.481 e. The normalized spacial score (nSPS) is 15.1. The summed E-state index contributed by atoms with van der Waals surface area (Å²) in [7, 11) is 3.11. The first kappa shape index (κ1) is 16.1. The molecular weight excluding hydrogens is 312 g/mol. The number of furan rings is 1. The van der Waals surface area contributed by atoms with Crippen molar-refractivity contribution in [3.05, 3.63) is 30.2 Å². The van der Waals surface area contributed by atoms with Gasteiger partial charge in [0.15, 0.2) is 5.76 Å². The number of carbonyl (C=O) groups is 1. The maximum absolute atomic E-state index is 12.4. The first-order valence-electron chi connectivity index (χ1n) is 7.76. The largest absolute Gasteiger partial charge is 0.481 e. The van der Waals surface area contributed by atoms with Gasteiger partial charge in [0.25, 0.3) is 5.91 Å². The second-order valence-electron chi connectivity index (χ2n) is 5.36. The lowest BCUT2D eigenvalue weighted by molar-refractivity contribution is 0.0735. The number of amides is 1. The van der Waals surface area contributed by atoms with Crippen molar-refractivity contribution in [1.82, 2.24) is 14.9 Å². The molecule has 1 fully saturated rings. The maximum Gasteiger partial charge on any atom is 0.289 e. The summed E-state index contributed by atoms with van der Waals surface area (Å²) in [4.78, 5) is 25.0. The number of carbonyl (C=O) groups excluding carboxylic acids is 1. The molecule has 0 N–H and O–H groups in total. The van der Waals surface area contributed by atoms with E-state index in [1.807, 2.05) is 4.90 Å². The molecule has 8 nitrogen and oxygen atoms in total. The highest BCUT2D eigenvalue weighted by atomic mass is 16.5. The maximum atomic E-state index is 12.4. The van der Waals surface area contributed by atoms with E-state index in [1.54, 1.807) is 37.3 Å². The van der Waals surface area contributed by atoms with E-state index in [2.05, 4.69) is 9.97 Å². The predicted octanol–water partition coefficient (Wildman–Crippen LogP) is 1.44. The monoisotopic (exact) mass is 332 g/mol. The number of nitrogens with zero attached hydrogens (tertiary/aromatic N) is 4. The lowest BCUT2D eigenvalue weighted by Crippen LogP contribution is -2.35. The highest BCUT2D eigenvalue weighted by Gasteiger charge is 2.23. The summed E-state index contributed by atoms with van der Waals surface area (Å²) in [6.07, 6.45) is 2.32. The third-order valence-electron chi connectivity index (χ3n) is 3.88. The van der Waals surface area contributed by atoms with Crippen LogP contribution < -0.4 is 14.4 Å². The molecule has 1 aliphatic rings. The summed E-state index contributed by atoms with van der Waals surface area (Å²) in [5.41, 5.74) is 0. The van der Waals surface area contributed by atoms with E-state index < -0.39 is 0 Å². The van der Waals surface area contributed by atoms with Crippen molar-refractivity contribution in [3.63, 3.8) is 0 Å². The van der Waals surface area contributed by atoms with Crippen molar-refractivity contribution < 1.29 is 18.7 Å². The first-order chi connectivity index (χ1) is 11.7. The molecule has 0 bridgehead atoms. The third kappa shape index (κ3) is 3.42.